The van der Waals surface area contributed by atoms with Crippen LogP contribution in [0.3, 0.4) is 0 Å². The molecule has 1 atom stereocenters. The quantitative estimate of drug-likeness (QED) is 0.715. The summed E-state index contributed by atoms with van der Waals surface area (Å²) in [5, 5.41) is 3.30. The predicted octanol–water partition coefficient (Wildman–Crippen LogP) is 4.28. The smallest absolute Gasteiger partial charge is 0.130 e. The normalized spacial score (nSPS) is 12.4. The van der Waals surface area contributed by atoms with Gasteiger partial charge in [0.15, 0.2) is 0 Å². The number of halogens is 2. The molecule has 18 heavy (non-hydrogen) atoms. The van der Waals surface area contributed by atoms with Gasteiger partial charge in [0.1, 0.15) is 11.6 Å². The molecular formula is C15H21F2N. The fraction of sp³-hybridized carbons (Fsp3) is 0.467. The Bertz CT molecular complexity index is 402. The highest BCUT2D eigenvalue weighted by Gasteiger charge is 2.16. The molecule has 1 aromatic rings. The molecule has 1 N–H and O–H groups in total. The number of benzene rings is 1. The fourth-order valence-corrected chi connectivity index (χ4v) is 1.92. The summed E-state index contributed by atoms with van der Waals surface area (Å²) in [4.78, 5) is 0. The lowest BCUT2D eigenvalue weighted by Crippen LogP contribution is -2.23. The van der Waals surface area contributed by atoms with Gasteiger partial charge in [0.05, 0.1) is 0 Å². The first kappa shape index (κ1) is 14.8. The van der Waals surface area contributed by atoms with E-state index in [9.17, 15) is 8.78 Å². The maximum Gasteiger partial charge on any atom is 0.130 e. The van der Waals surface area contributed by atoms with Crippen LogP contribution in [0.4, 0.5) is 8.78 Å². The van der Waals surface area contributed by atoms with Gasteiger partial charge in [-0.3, -0.25) is 0 Å². The minimum Gasteiger partial charge on any atom is -0.310 e. The Labute approximate surface area is 108 Å². The Morgan fingerprint density at radius 2 is 2.06 bits per heavy atom. The van der Waals surface area contributed by atoms with Crippen LogP contribution in [0.5, 0.6) is 0 Å². The van der Waals surface area contributed by atoms with E-state index in [1.54, 1.807) is 13.0 Å². The molecule has 0 aromatic heterocycles. The first-order chi connectivity index (χ1) is 8.60. The predicted molar refractivity (Wildman–Crippen MR) is 71.6 cm³/mol. The summed E-state index contributed by atoms with van der Waals surface area (Å²) in [6, 6.07) is 2.49. The molecule has 0 aliphatic carbocycles. The second-order valence-electron chi connectivity index (χ2n) is 4.50. The van der Waals surface area contributed by atoms with Crippen LogP contribution in [0.25, 0.3) is 0 Å². The Balaban J connectivity index is 2.95. The standard InChI is InChI=1S/C15H21F2N/c1-4-6-7-15(18-8-5-2)12-9-11(3)13(16)10-14(12)17/h4,9-10,15,18H,1,5-8H2,2-3H3. The third-order valence-corrected chi connectivity index (χ3v) is 2.95. The molecule has 0 spiro atoms. The molecule has 1 aromatic carbocycles. The van der Waals surface area contributed by atoms with E-state index in [-0.39, 0.29) is 6.04 Å². The van der Waals surface area contributed by atoms with Gasteiger partial charge in [0, 0.05) is 17.7 Å². The third kappa shape index (κ3) is 3.91. The lowest BCUT2D eigenvalue weighted by Gasteiger charge is -2.19. The average molecular weight is 253 g/mol. The molecule has 0 aliphatic rings. The molecular weight excluding hydrogens is 232 g/mol. The zero-order valence-electron chi connectivity index (χ0n) is 11.1. The van der Waals surface area contributed by atoms with Gasteiger partial charge in [-0.1, -0.05) is 13.0 Å². The third-order valence-electron chi connectivity index (χ3n) is 2.95. The highest BCUT2D eigenvalue weighted by Crippen LogP contribution is 2.24. The molecule has 0 radical (unpaired) electrons. The van der Waals surface area contributed by atoms with E-state index in [0.29, 0.717) is 11.1 Å². The Morgan fingerprint density at radius 3 is 2.67 bits per heavy atom. The minimum atomic E-state index is -0.491. The molecule has 0 heterocycles. The van der Waals surface area contributed by atoms with E-state index in [2.05, 4.69) is 18.8 Å². The van der Waals surface area contributed by atoms with Crippen molar-refractivity contribution in [2.75, 3.05) is 6.54 Å². The summed E-state index contributed by atoms with van der Waals surface area (Å²) in [5.41, 5.74) is 1.03. The Hall–Kier alpha value is -1.22. The summed E-state index contributed by atoms with van der Waals surface area (Å²) in [6.45, 7) is 8.21. The molecule has 0 amide bonds. The van der Waals surface area contributed by atoms with Crippen LogP contribution in [0.15, 0.2) is 24.8 Å². The second kappa shape index (κ2) is 7.27. The van der Waals surface area contributed by atoms with E-state index in [1.165, 1.54) is 0 Å². The molecule has 0 bridgehead atoms. The number of hydrogen-bond donors (Lipinski definition) is 1. The van der Waals surface area contributed by atoms with Gasteiger partial charge in [0.2, 0.25) is 0 Å². The van der Waals surface area contributed by atoms with E-state index >= 15 is 0 Å². The molecule has 0 aliphatic heterocycles. The van der Waals surface area contributed by atoms with Gasteiger partial charge in [-0.15, -0.1) is 6.58 Å². The van der Waals surface area contributed by atoms with Gasteiger partial charge in [0.25, 0.3) is 0 Å². The summed E-state index contributed by atoms with van der Waals surface area (Å²) in [7, 11) is 0. The molecule has 0 saturated heterocycles. The number of aryl methyl sites for hydroxylation is 1. The van der Waals surface area contributed by atoms with Crippen molar-refractivity contribution in [2.24, 2.45) is 0 Å². The molecule has 1 nitrogen and oxygen atoms in total. The zero-order valence-corrected chi connectivity index (χ0v) is 11.1. The second-order valence-corrected chi connectivity index (χ2v) is 4.50. The van der Waals surface area contributed by atoms with E-state index < -0.39 is 11.6 Å². The van der Waals surface area contributed by atoms with Crippen LogP contribution >= 0.6 is 0 Å². The van der Waals surface area contributed by atoms with Crippen LogP contribution in [0.2, 0.25) is 0 Å². The van der Waals surface area contributed by atoms with Gasteiger partial charge < -0.3 is 5.32 Å². The van der Waals surface area contributed by atoms with Crippen LogP contribution in [-0.2, 0) is 0 Å². The lowest BCUT2D eigenvalue weighted by molar-refractivity contribution is 0.471. The van der Waals surface area contributed by atoms with E-state index in [4.69, 9.17) is 0 Å². The number of allylic oxidation sites excluding steroid dienone is 1. The van der Waals surface area contributed by atoms with Crippen molar-refractivity contribution in [1.82, 2.24) is 5.32 Å². The average Bonchev–Trinajstić information content (AvgIpc) is 2.35. The SMILES string of the molecule is C=CCCC(NCCC)c1cc(C)c(F)cc1F. The van der Waals surface area contributed by atoms with E-state index in [1.807, 2.05) is 6.08 Å². The van der Waals surface area contributed by atoms with Gasteiger partial charge in [-0.25, -0.2) is 8.78 Å². The van der Waals surface area contributed by atoms with Crippen molar-refractivity contribution in [3.63, 3.8) is 0 Å². The lowest BCUT2D eigenvalue weighted by atomic mass is 9.99. The van der Waals surface area contributed by atoms with Crippen molar-refractivity contribution in [2.45, 2.75) is 39.2 Å². The fourth-order valence-electron chi connectivity index (χ4n) is 1.92. The van der Waals surface area contributed by atoms with Crippen molar-refractivity contribution in [3.8, 4) is 0 Å². The number of nitrogens with one attached hydrogen (secondary N) is 1. The van der Waals surface area contributed by atoms with Crippen LogP contribution in [0.1, 0.15) is 43.4 Å². The number of rotatable bonds is 7. The molecule has 0 fully saturated rings. The Morgan fingerprint density at radius 1 is 1.33 bits per heavy atom. The first-order valence-corrected chi connectivity index (χ1v) is 6.40. The minimum absolute atomic E-state index is 0.0813. The highest BCUT2D eigenvalue weighted by molar-refractivity contribution is 5.28. The molecule has 1 unspecified atom stereocenters. The maximum atomic E-state index is 13.8. The largest absolute Gasteiger partial charge is 0.310 e. The Kier molecular flexibility index (Phi) is 5.99. The molecule has 0 saturated carbocycles. The highest BCUT2D eigenvalue weighted by atomic mass is 19.1. The summed E-state index contributed by atoms with van der Waals surface area (Å²) in [6.07, 6.45) is 4.37. The van der Waals surface area contributed by atoms with Crippen LogP contribution < -0.4 is 5.32 Å². The van der Waals surface area contributed by atoms with Gasteiger partial charge >= 0.3 is 0 Å². The molecule has 100 valence electrons. The maximum absolute atomic E-state index is 13.8. The van der Waals surface area contributed by atoms with E-state index in [0.717, 1.165) is 31.9 Å². The molecule has 1 rings (SSSR count). The van der Waals surface area contributed by atoms with Crippen LogP contribution in [-0.4, -0.2) is 6.54 Å². The van der Waals surface area contributed by atoms with Crippen LogP contribution in [0, 0.1) is 18.6 Å². The summed E-state index contributed by atoms with van der Waals surface area (Å²) in [5.74, 6) is -0.968. The van der Waals surface area contributed by atoms with Gasteiger partial charge in [-0.05, 0) is 44.4 Å². The summed E-state index contributed by atoms with van der Waals surface area (Å²) >= 11 is 0. The zero-order chi connectivity index (χ0) is 13.5. The van der Waals surface area contributed by atoms with Crippen molar-refractivity contribution in [3.05, 3.63) is 47.5 Å². The number of hydrogen-bond acceptors (Lipinski definition) is 1. The first-order valence-electron chi connectivity index (χ1n) is 6.40. The van der Waals surface area contributed by atoms with Crippen molar-refractivity contribution >= 4 is 0 Å². The van der Waals surface area contributed by atoms with Gasteiger partial charge in [-0.2, -0.15) is 0 Å². The van der Waals surface area contributed by atoms with Crippen molar-refractivity contribution < 1.29 is 8.78 Å². The molecule has 3 heteroatoms. The topological polar surface area (TPSA) is 12.0 Å². The monoisotopic (exact) mass is 253 g/mol. The van der Waals surface area contributed by atoms with Crippen molar-refractivity contribution in [1.29, 1.82) is 0 Å². The summed E-state index contributed by atoms with van der Waals surface area (Å²) < 4.78 is 27.1.